The molecule has 0 radical (unpaired) electrons. The molecular weight excluding hydrogens is 179 g/mol. The van der Waals surface area contributed by atoms with Crippen molar-refractivity contribution in [1.29, 1.82) is 0 Å². The van der Waals surface area contributed by atoms with Gasteiger partial charge in [-0.15, -0.1) is 0 Å². The molecule has 1 nitrogen and oxygen atoms in total. The van der Waals surface area contributed by atoms with Crippen molar-refractivity contribution >= 4 is 0 Å². The van der Waals surface area contributed by atoms with E-state index in [4.69, 9.17) is 0 Å². The van der Waals surface area contributed by atoms with Crippen molar-refractivity contribution < 1.29 is 9.50 Å². The molecule has 0 aromatic heterocycles. The van der Waals surface area contributed by atoms with E-state index in [1.807, 2.05) is 13.0 Å². The third-order valence-corrected chi connectivity index (χ3v) is 2.91. The summed E-state index contributed by atoms with van der Waals surface area (Å²) in [5.74, 6) is 0.180. The van der Waals surface area contributed by atoms with Gasteiger partial charge in [-0.25, -0.2) is 4.39 Å². The predicted octanol–water partition coefficient (Wildman–Crippen LogP) is 2.53. The number of aliphatic hydroxyl groups is 1. The minimum atomic E-state index is -0.659. The zero-order chi connectivity index (χ0) is 10.2. The topological polar surface area (TPSA) is 20.2 Å². The van der Waals surface area contributed by atoms with E-state index in [0.29, 0.717) is 12.3 Å². The first-order chi connectivity index (χ1) is 6.58. The lowest BCUT2D eigenvalue weighted by molar-refractivity contribution is 0.0371. The highest BCUT2D eigenvalue weighted by molar-refractivity contribution is 5.19. The second-order valence-corrected chi connectivity index (χ2v) is 4.44. The molecule has 1 aliphatic carbocycles. The summed E-state index contributed by atoms with van der Waals surface area (Å²) >= 11 is 0. The van der Waals surface area contributed by atoms with Gasteiger partial charge in [0.1, 0.15) is 5.82 Å². The van der Waals surface area contributed by atoms with E-state index < -0.39 is 5.60 Å². The Hall–Kier alpha value is -0.890. The van der Waals surface area contributed by atoms with Crippen LogP contribution in [0.25, 0.3) is 0 Å². The Kier molecular flexibility index (Phi) is 2.31. The van der Waals surface area contributed by atoms with Gasteiger partial charge in [0.05, 0.1) is 5.60 Å². The van der Waals surface area contributed by atoms with E-state index in [1.54, 1.807) is 6.07 Å². The Morgan fingerprint density at radius 2 is 2.21 bits per heavy atom. The van der Waals surface area contributed by atoms with Crippen molar-refractivity contribution in [3.63, 3.8) is 0 Å². The lowest BCUT2D eigenvalue weighted by Crippen LogP contribution is -2.29. The fourth-order valence-electron chi connectivity index (χ4n) is 1.91. The first-order valence-electron chi connectivity index (χ1n) is 5.05. The fraction of sp³-hybridized carbons (Fsp3) is 0.500. The molecule has 14 heavy (non-hydrogen) atoms. The van der Waals surface area contributed by atoms with Gasteiger partial charge in [-0.3, -0.25) is 0 Å². The number of hydrogen-bond acceptors (Lipinski definition) is 1. The van der Waals surface area contributed by atoms with Gasteiger partial charge >= 0.3 is 0 Å². The summed E-state index contributed by atoms with van der Waals surface area (Å²) in [6, 6.07) is 6.47. The normalized spacial score (nSPS) is 20.5. The minimum Gasteiger partial charge on any atom is -0.390 e. The van der Waals surface area contributed by atoms with Crippen LogP contribution in [0.15, 0.2) is 24.3 Å². The zero-order valence-electron chi connectivity index (χ0n) is 8.33. The number of hydrogen-bond donors (Lipinski definition) is 1. The van der Waals surface area contributed by atoms with E-state index >= 15 is 0 Å². The van der Waals surface area contributed by atoms with E-state index in [0.717, 1.165) is 18.4 Å². The predicted molar refractivity (Wildman–Crippen MR) is 53.5 cm³/mol. The van der Waals surface area contributed by atoms with Gasteiger partial charge in [0.15, 0.2) is 0 Å². The van der Waals surface area contributed by atoms with Crippen LogP contribution < -0.4 is 0 Å². The highest BCUT2D eigenvalue weighted by Crippen LogP contribution is 2.41. The van der Waals surface area contributed by atoms with Crippen LogP contribution in [0.4, 0.5) is 4.39 Å². The Labute approximate surface area is 83.6 Å². The molecule has 0 bridgehead atoms. The van der Waals surface area contributed by atoms with Crippen LogP contribution in [0.5, 0.6) is 0 Å². The van der Waals surface area contributed by atoms with Crippen molar-refractivity contribution in [2.45, 2.75) is 31.8 Å². The van der Waals surface area contributed by atoms with Crippen molar-refractivity contribution in [3.8, 4) is 0 Å². The Balaban J connectivity index is 2.09. The number of rotatable bonds is 3. The maximum atomic E-state index is 12.9. The summed E-state index contributed by atoms with van der Waals surface area (Å²) < 4.78 is 12.9. The summed E-state index contributed by atoms with van der Waals surface area (Å²) in [4.78, 5) is 0. The summed E-state index contributed by atoms with van der Waals surface area (Å²) in [6.07, 6.45) is 2.75. The van der Waals surface area contributed by atoms with Crippen LogP contribution in [0.2, 0.25) is 0 Å². The molecule has 1 aliphatic rings. The largest absolute Gasteiger partial charge is 0.390 e. The third-order valence-electron chi connectivity index (χ3n) is 2.91. The summed E-state index contributed by atoms with van der Waals surface area (Å²) in [6.45, 7) is 1.84. The van der Waals surface area contributed by atoms with Crippen LogP contribution in [0, 0.1) is 11.7 Å². The molecule has 0 amide bonds. The SMILES string of the molecule is CC(O)(Cc1cccc(F)c1)C1CC1. The molecule has 0 saturated heterocycles. The molecule has 1 atom stereocenters. The zero-order valence-corrected chi connectivity index (χ0v) is 8.33. The van der Waals surface area contributed by atoms with Gasteiger partial charge in [0.2, 0.25) is 0 Å². The smallest absolute Gasteiger partial charge is 0.123 e. The molecule has 1 aromatic rings. The Morgan fingerprint density at radius 1 is 1.50 bits per heavy atom. The van der Waals surface area contributed by atoms with Gasteiger partial charge in [-0.2, -0.15) is 0 Å². The quantitative estimate of drug-likeness (QED) is 0.784. The lowest BCUT2D eigenvalue weighted by Gasteiger charge is -2.22. The average molecular weight is 194 g/mol. The fourth-order valence-corrected chi connectivity index (χ4v) is 1.91. The van der Waals surface area contributed by atoms with Crippen LogP contribution in [0.1, 0.15) is 25.3 Å². The van der Waals surface area contributed by atoms with E-state index in [1.165, 1.54) is 12.1 Å². The van der Waals surface area contributed by atoms with Crippen molar-refractivity contribution in [2.24, 2.45) is 5.92 Å². The first-order valence-corrected chi connectivity index (χ1v) is 5.05. The van der Waals surface area contributed by atoms with E-state index in [-0.39, 0.29) is 5.82 Å². The Bertz CT molecular complexity index is 329. The van der Waals surface area contributed by atoms with Crippen molar-refractivity contribution in [3.05, 3.63) is 35.6 Å². The highest BCUT2D eigenvalue weighted by Gasteiger charge is 2.39. The summed E-state index contributed by atoms with van der Waals surface area (Å²) in [5, 5.41) is 10.1. The maximum Gasteiger partial charge on any atom is 0.123 e. The standard InChI is InChI=1S/C12H15FO/c1-12(14,10-5-6-10)8-9-3-2-4-11(13)7-9/h2-4,7,10,14H,5-6,8H2,1H3. The molecule has 1 aromatic carbocycles. The molecule has 1 unspecified atom stereocenters. The molecule has 0 aliphatic heterocycles. The lowest BCUT2D eigenvalue weighted by atomic mass is 9.92. The van der Waals surface area contributed by atoms with Gasteiger partial charge in [0.25, 0.3) is 0 Å². The molecule has 1 fully saturated rings. The van der Waals surface area contributed by atoms with Gasteiger partial charge in [0, 0.05) is 6.42 Å². The maximum absolute atomic E-state index is 12.9. The average Bonchev–Trinajstić information content (AvgIpc) is 2.84. The number of benzene rings is 1. The molecule has 1 saturated carbocycles. The molecule has 2 heteroatoms. The third kappa shape index (κ3) is 2.13. The van der Waals surface area contributed by atoms with E-state index in [2.05, 4.69) is 0 Å². The van der Waals surface area contributed by atoms with E-state index in [9.17, 15) is 9.50 Å². The second-order valence-electron chi connectivity index (χ2n) is 4.44. The van der Waals surface area contributed by atoms with Gasteiger partial charge in [-0.05, 0) is 43.4 Å². The Morgan fingerprint density at radius 3 is 2.79 bits per heavy atom. The summed E-state index contributed by atoms with van der Waals surface area (Å²) in [5.41, 5.74) is 0.218. The second kappa shape index (κ2) is 3.35. The first kappa shape index (κ1) is 9.66. The molecule has 2 rings (SSSR count). The molecule has 0 heterocycles. The molecule has 76 valence electrons. The van der Waals surface area contributed by atoms with Crippen LogP contribution in [0.3, 0.4) is 0 Å². The molecule has 0 spiro atoms. The highest BCUT2D eigenvalue weighted by atomic mass is 19.1. The minimum absolute atomic E-state index is 0.228. The van der Waals surface area contributed by atoms with Gasteiger partial charge < -0.3 is 5.11 Å². The monoisotopic (exact) mass is 194 g/mol. The van der Waals surface area contributed by atoms with Gasteiger partial charge in [-0.1, -0.05) is 12.1 Å². The van der Waals surface area contributed by atoms with Crippen molar-refractivity contribution in [1.82, 2.24) is 0 Å². The summed E-state index contributed by atoms with van der Waals surface area (Å²) in [7, 11) is 0. The molecular formula is C12H15FO. The van der Waals surface area contributed by atoms with Crippen LogP contribution in [-0.4, -0.2) is 10.7 Å². The molecule has 1 N–H and O–H groups in total. The number of halogens is 1. The van der Waals surface area contributed by atoms with Crippen LogP contribution >= 0.6 is 0 Å². The van der Waals surface area contributed by atoms with Crippen molar-refractivity contribution in [2.75, 3.05) is 0 Å². The van der Waals surface area contributed by atoms with Crippen LogP contribution in [-0.2, 0) is 6.42 Å².